The summed E-state index contributed by atoms with van der Waals surface area (Å²) in [7, 11) is 0. The Kier molecular flexibility index (Phi) is 1.68. The Labute approximate surface area is 74.7 Å². The summed E-state index contributed by atoms with van der Waals surface area (Å²) in [4.78, 5) is 22.4. The normalized spacial score (nSPS) is 44.5. The summed E-state index contributed by atoms with van der Waals surface area (Å²) in [5.74, 6) is -1.98. The van der Waals surface area contributed by atoms with Gasteiger partial charge in [0.1, 0.15) is 0 Å². The van der Waals surface area contributed by atoms with Gasteiger partial charge in [-0.15, -0.1) is 0 Å². The third-order valence-electron chi connectivity index (χ3n) is 2.93. The zero-order valence-electron chi connectivity index (χ0n) is 6.99. The van der Waals surface area contributed by atoms with Crippen LogP contribution in [0.5, 0.6) is 0 Å². The standard InChI is InChI=1S/C8H11NO4/c10-5-3-1-2-4-6(11)9-7(12)8(4,5)13/h4-5,10,13H,1-3H2,(H,9,11,12). The summed E-state index contributed by atoms with van der Waals surface area (Å²) in [5.41, 5.74) is -1.87. The molecule has 3 unspecified atom stereocenters. The predicted octanol–water partition coefficient (Wildman–Crippen LogP) is -1.47. The molecule has 0 aromatic heterocycles. The SMILES string of the molecule is O=C1NC(=O)C2(O)C(O)CCCC12. The van der Waals surface area contributed by atoms with Crippen LogP contribution in [0.1, 0.15) is 19.3 Å². The van der Waals surface area contributed by atoms with Crippen LogP contribution in [-0.4, -0.2) is 33.7 Å². The van der Waals surface area contributed by atoms with Crippen molar-refractivity contribution in [2.45, 2.75) is 31.0 Å². The number of rotatable bonds is 0. The van der Waals surface area contributed by atoms with Gasteiger partial charge in [0.05, 0.1) is 12.0 Å². The Morgan fingerprint density at radius 3 is 2.69 bits per heavy atom. The first kappa shape index (κ1) is 8.65. The molecule has 2 aliphatic rings. The molecule has 0 aromatic carbocycles. The third kappa shape index (κ3) is 0.941. The van der Waals surface area contributed by atoms with Crippen LogP contribution in [0.2, 0.25) is 0 Å². The van der Waals surface area contributed by atoms with Gasteiger partial charge in [-0.25, -0.2) is 0 Å². The molecule has 5 nitrogen and oxygen atoms in total. The maximum Gasteiger partial charge on any atom is 0.262 e. The van der Waals surface area contributed by atoms with Crippen LogP contribution in [0, 0.1) is 5.92 Å². The lowest BCUT2D eigenvalue weighted by Gasteiger charge is -2.34. The smallest absolute Gasteiger partial charge is 0.262 e. The summed E-state index contributed by atoms with van der Waals surface area (Å²) < 4.78 is 0. The molecule has 1 aliphatic carbocycles. The van der Waals surface area contributed by atoms with Crippen molar-refractivity contribution in [3.63, 3.8) is 0 Å². The van der Waals surface area contributed by atoms with E-state index in [1.807, 2.05) is 5.32 Å². The lowest BCUT2D eigenvalue weighted by atomic mass is 9.75. The molecule has 1 heterocycles. The van der Waals surface area contributed by atoms with E-state index in [9.17, 15) is 19.8 Å². The zero-order chi connectivity index (χ0) is 9.64. The summed E-state index contributed by atoms with van der Waals surface area (Å²) in [5, 5.41) is 21.3. The van der Waals surface area contributed by atoms with Gasteiger partial charge in [-0.3, -0.25) is 14.9 Å². The maximum atomic E-state index is 11.2. The van der Waals surface area contributed by atoms with E-state index in [2.05, 4.69) is 0 Å². The van der Waals surface area contributed by atoms with Crippen molar-refractivity contribution in [3.8, 4) is 0 Å². The molecule has 2 fully saturated rings. The van der Waals surface area contributed by atoms with E-state index in [1.165, 1.54) is 0 Å². The summed E-state index contributed by atoms with van der Waals surface area (Å²) in [6.45, 7) is 0. The molecule has 72 valence electrons. The summed E-state index contributed by atoms with van der Waals surface area (Å²) >= 11 is 0. The number of aliphatic hydroxyl groups is 2. The molecular formula is C8H11NO4. The first-order valence-electron chi connectivity index (χ1n) is 4.32. The number of amides is 2. The topological polar surface area (TPSA) is 86.6 Å². The first-order chi connectivity index (χ1) is 6.06. The minimum atomic E-state index is -1.87. The fourth-order valence-corrected chi connectivity index (χ4v) is 2.13. The zero-order valence-corrected chi connectivity index (χ0v) is 6.99. The Hall–Kier alpha value is -0.940. The quantitative estimate of drug-likeness (QED) is 0.402. The van der Waals surface area contributed by atoms with Gasteiger partial charge in [0.15, 0.2) is 5.60 Å². The van der Waals surface area contributed by atoms with Crippen LogP contribution < -0.4 is 5.32 Å². The number of nitrogens with one attached hydrogen (secondary N) is 1. The molecule has 3 N–H and O–H groups in total. The Morgan fingerprint density at radius 2 is 2.08 bits per heavy atom. The first-order valence-corrected chi connectivity index (χ1v) is 4.32. The number of hydrogen-bond donors (Lipinski definition) is 3. The average molecular weight is 185 g/mol. The molecule has 0 bridgehead atoms. The molecule has 5 heteroatoms. The van der Waals surface area contributed by atoms with Gasteiger partial charge in [-0.05, 0) is 19.3 Å². The largest absolute Gasteiger partial charge is 0.390 e. The highest BCUT2D eigenvalue weighted by atomic mass is 16.4. The van der Waals surface area contributed by atoms with Crippen molar-refractivity contribution in [1.29, 1.82) is 0 Å². The monoisotopic (exact) mass is 185 g/mol. The van der Waals surface area contributed by atoms with E-state index < -0.39 is 29.4 Å². The van der Waals surface area contributed by atoms with E-state index in [0.29, 0.717) is 19.3 Å². The second kappa shape index (κ2) is 2.52. The van der Waals surface area contributed by atoms with Gasteiger partial charge in [-0.1, -0.05) is 0 Å². The van der Waals surface area contributed by atoms with Gasteiger partial charge >= 0.3 is 0 Å². The van der Waals surface area contributed by atoms with E-state index >= 15 is 0 Å². The van der Waals surface area contributed by atoms with Crippen molar-refractivity contribution in [2.75, 3.05) is 0 Å². The van der Waals surface area contributed by atoms with Crippen LogP contribution >= 0.6 is 0 Å². The minimum absolute atomic E-state index is 0.369. The van der Waals surface area contributed by atoms with Crippen molar-refractivity contribution in [3.05, 3.63) is 0 Å². The van der Waals surface area contributed by atoms with Crippen LogP contribution in [0.15, 0.2) is 0 Å². The molecule has 1 saturated heterocycles. The van der Waals surface area contributed by atoms with E-state index in [1.54, 1.807) is 0 Å². The Balaban J connectivity index is 2.39. The molecule has 13 heavy (non-hydrogen) atoms. The lowest BCUT2D eigenvalue weighted by molar-refractivity contribution is -0.161. The fraction of sp³-hybridized carbons (Fsp3) is 0.750. The van der Waals surface area contributed by atoms with Crippen molar-refractivity contribution < 1.29 is 19.8 Å². The second-order valence-corrected chi connectivity index (χ2v) is 3.64. The number of hydrogen-bond acceptors (Lipinski definition) is 4. The number of aliphatic hydroxyl groups excluding tert-OH is 1. The summed E-state index contributed by atoms with van der Waals surface area (Å²) in [6, 6.07) is 0. The van der Waals surface area contributed by atoms with Crippen molar-refractivity contribution in [2.24, 2.45) is 5.92 Å². The average Bonchev–Trinajstić information content (AvgIpc) is 2.29. The van der Waals surface area contributed by atoms with Crippen LogP contribution in [0.3, 0.4) is 0 Å². The van der Waals surface area contributed by atoms with Crippen LogP contribution in [-0.2, 0) is 9.59 Å². The number of carbonyl (C=O) groups excluding carboxylic acids is 2. The van der Waals surface area contributed by atoms with Gasteiger partial charge in [0.25, 0.3) is 5.91 Å². The van der Waals surface area contributed by atoms with Gasteiger partial charge < -0.3 is 10.2 Å². The third-order valence-corrected chi connectivity index (χ3v) is 2.93. The molecular weight excluding hydrogens is 174 g/mol. The van der Waals surface area contributed by atoms with Crippen LogP contribution in [0.25, 0.3) is 0 Å². The van der Waals surface area contributed by atoms with Crippen molar-refractivity contribution >= 4 is 11.8 Å². The van der Waals surface area contributed by atoms with Gasteiger partial charge in [-0.2, -0.15) is 0 Å². The minimum Gasteiger partial charge on any atom is -0.390 e. The van der Waals surface area contributed by atoms with Gasteiger partial charge in [0.2, 0.25) is 5.91 Å². The molecule has 1 saturated carbocycles. The molecule has 2 rings (SSSR count). The number of fused-ring (bicyclic) bond motifs is 1. The summed E-state index contributed by atoms with van der Waals surface area (Å²) in [6.07, 6.45) is 0.380. The fourth-order valence-electron chi connectivity index (χ4n) is 2.13. The number of imide groups is 1. The highest BCUT2D eigenvalue weighted by Gasteiger charge is 2.59. The molecule has 0 radical (unpaired) electrons. The lowest BCUT2D eigenvalue weighted by Crippen LogP contribution is -2.54. The second-order valence-electron chi connectivity index (χ2n) is 3.64. The molecule has 0 spiro atoms. The van der Waals surface area contributed by atoms with Crippen LogP contribution in [0.4, 0.5) is 0 Å². The highest BCUT2D eigenvalue weighted by Crippen LogP contribution is 2.37. The maximum absolute atomic E-state index is 11.2. The van der Waals surface area contributed by atoms with Gasteiger partial charge in [0, 0.05) is 0 Å². The molecule has 3 atom stereocenters. The predicted molar refractivity (Wildman–Crippen MR) is 41.4 cm³/mol. The Morgan fingerprint density at radius 1 is 1.38 bits per heavy atom. The highest BCUT2D eigenvalue weighted by molar-refractivity contribution is 6.09. The van der Waals surface area contributed by atoms with Crippen molar-refractivity contribution in [1.82, 2.24) is 5.32 Å². The molecule has 2 amide bonds. The Bertz CT molecular complexity index is 277. The van der Waals surface area contributed by atoms with E-state index in [4.69, 9.17) is 0 Å². The van der Waals surface area contributed by atoms with E-state index in [0.717, 1.165) is 0 Å². The number of carbonyl (C=O) groups is 2. The molecule has 1 aliphatic heterocycles. The van der Waals surface area contributed by atoms with E-state index in [-0.39, 0.29) is 0 Å². The molecule has 0 aromatic rings.